The summed E-state index contributed by atoms with van der Waals surface area (Å²) in [6.07, 6.45) is 0. The molecule has 1 fully saturated rings. The second-order valence-electron chi connectivity index (χ2n) is 3.39. The molecule has 0 aromatic heterocycles. The van der Waals surface area contributed by atoms with Crippen molar-refractivity contribution in [2.45, 2.75) is 6.92 Å². The molecule has 0 aliphatic carbocycles. The van der Waals surface area contributed by atoms with E-state index in [4.69, 9.17) is 5.11 Å². The molecule has 0 spiro atoms. The monoisotopic (exact) mass is 172 g/mol. The van der Waals surface area contributed by atoms with Crippen LogP contribution in [0, 0.1) is 11.8 Å². The number of hydrogen-bond acceptors (Lipinski definition) is 3. The molecule has 1 aliphatic rings. The van der Waals surface area contributed by atoms with Gasteiger partial charge in [-0.3, -0.25) is 4.79 Å². The van der Waals surface area contributed by atoms with E-state index in [0.29, 0.717) is 6.54 Å². The van der Waals surface area contributed by atoms with E-state index in [1.807, 2.05) is 6.92 Å². The first-order valence-electron chi connectivity index (χ1n) is 4.33. The molecule has 3 N–H and O–H groups in total. The third-order valence-electron chi connectivity index (χ3n) is 2.09. The van der Waals surface area contributed by atoms with Crippen LogP contribution in [0.3, 0.4) is 0 Å². The van der Waals surface area contributed by atoms with Crippen molar-refractivity contribution in [2.75, 3.05) is 26.2 Å². The van der Waals surface area contributed by atoms with Gasteiger partial charge >= 0.3 is 0 Å². The third-order valence-corrected chi connectivity index (χ3v) is 2.09. The van der Waals surface area contributed by atoms with Crippen LogP contribution < -0.4 is 10.6 Å². The molecule has 1 saturated heterocycles. The second kappa shape index (κ2) is 4.42. The number of carbonyl (C=O) groups is 1. The van der Waals surface area contributed by atoms with E-state index in [1.165, 1.54) is 0 Å². The van der Waals surface area contributed by atoms with E-state index >= 15 is 0 Å². The van der Waals surface area contributed by atoms with Crippen LogP contribution in [-0.4, -0.2) is 37.3 Å². The minimum atomic E-state index is 0.106. The summed E-state index contributed by atoms with van der Waals surface area (Å²) in [5.74, 6) is 0.409. The van der Waals surface area contributed by atoms with E-state index in [0.717, 1.165) is 13.1 Å². The van der Waals surface area contributed by atoms with Crippen molar-refractivity contribution in [1.82, 2.24) is 10.6 Å². The van der Waals surface area contributed by atoms with Crippen LogP contribution in [-0.2, 0) is 4.79 Å². The van der Waals surface area contributed by atoms with E-state index in [9.17, 15) is 4.79 Å². The summed E-state index contributed by atoms with van der Waals surface area (Å²) in [5.41, 5.74) is 0. The Morgan fingerprint density at radius 1 is 1.75 bits per heavy atom. The minimum absolute atomic E-state index is 0.106. The average molecular weight is 172 g/mol. The zero-order chi connectivity index (χ0) is 8.97. The van der Waals surface area contributed by atoms with Gasteiger partial charge in [-0.05, 0) is 5.92 Å². The molecule has 1 rings (SSSR count). The van der Waals surface area contributed by atoms with Crippen LogP contribution in [0.15, 0.2) is 0 Å². The Labute approximate surface area is 72.3 Å². The first-order chi connectivity index (χ1) is 5.74. The average Bonchev–Trinajstić information content (AvgIpc) is 1.97. The fourth-order valence-electron chi connectivity index (χ4n) is 0.958. The van der Waals surface area contributed by atoms with Gasteiger partial charge in [-0.1, -0.05) is 6.92 Å². The lowest BCUT2D eigenvalue weighted by Gasteiger charge is -2.26. The summed E-state index contributed by atoms with van der Waals surface area (Å²) in [7, 11) is 0. The molecule has 0 aromatic rings. The van der Waals surface area contributed by atoms with Crippen molar-refractivity contribution in [3.8, 4) is 0 Å². The van der Waals surface area contributed by atoms with Crippen molar-refractivity contribution in [2.24, 2.45) is 11.8 Å². The van der Waals surface area contributed by atoms with E-state index in [2.05, 4.69) is 10.6 Å². The first kappa shape index (κ1) is 9.48. The summed E-state index contributed by atoms with van der Waals surface area (Å²) >= 11 is 0. The molecule has 0 aromatic carbocycles. The maximum Gasteiger partial charge on any atom is 0.225 e. The van der Waals surface area contributed by atoms with Crippen LogP contribution in [0.25, 0.3) is 0 Å². The Morgan fingerprint density at radius 2 is 2.42 bits per heavy atom. The van der Waals surface area contributed by atoms with Gasteiger partial charge in [0.1, 0.15) is 0 Å². The van der Waals surface area contributed by atoms with Gasteiger partial charge in [0.05, 0.1) is 5.92 Å². The Balaban J connectivity index is 2.09. The second-order valence-corrected chi connectivity index (χ2v) is 3.39. The normalized spacial score (nSPS) is 19.8. The van der Waals surface area contributed by atoms with Gasteiger partial charge in [0.25, 0.3) is 0 Å². The van der Waals surface area contributed by atoms with Crippen molar-refractivity contribution >= 4 is 5.91 Å². The molecule has 1 aliphatic heterocycles. The molecule has 0 saturated carbocycles. The number of nitrogens with one attached hydrogen (secondary N) is 2. The number of hydrogen-bond donors (Lipinski definition) is 3. The van der Waals surface area contributed by atoms with Gasteiger partial charge in [0.2, 0.25) is 5.91 Å². The van der Waals surface area contributed by atoms with Crippen molar-refractivity contribution in [1.29, 1.82) is 0 Å². The van der Waals surface area contributed by atoms with E-state index in [1.54, 1.807) is 0 Å². The predicted molar refractivity (Wildman–Crippen MR) is 45.6 cm³/mol. The quantitative estimate of drug-likeness (QED) is 0.507. The van der Waals surface area contributed by atoms with Crippen molar-refractivity contribution in [3.63, 3.8) is 0 Å². The Hall–Kier alpha value is -0.610. The maximum absolute atomic E-state index is 11.2. The number of carbonyl (C=O) groups excluding carboxylic acids is 1. The SMILES string of the molecule is CC(CO)CNC(=O)C1CNC1. The highest BCUT2D eigenvalue weighted by Gasteiger charge is 2.24. The Kier molecular flexibility index (Phi) is 3.49. The molecule has 0 bridgehead atoms. The van der Waals surface area contributed by atoms with Crippen LogP contribution in [0.5, 0.6) is 0 Å². The Morgan fingerprint density at radius 3 is 2.83 bits per heavy atom. The molecule has 1 amide bonds. The minimum Gasteiger partial charge on any atom is -0.396 e. The number of amides is 1. The van der Waals surface area contributed by atoms with E-state index < -0.39 is 0 Å². The first-order valence-corrected chi connectivity index (χ1v) is 4.33. The van der Waals surface area contributed by atoms with Gasteiger partial charge in [-0.15, -0.1) is 0 Å². The van der Waals surface area contributed by atoms with Crippen molar-refractivity contribution in [3.05, 3.63) is 0 Å². The lowest BCUT2D eigenvalue weighted by molar-refractivity contribution is -0.126. The van der Waals surface area contributed by atoms with Crippen LogP contribution in [0.2, 0.25) is 0 Å². The summed E-state index contributed by atoms with van der Waals surface area (Å²) in [6.45, 7) is 4.19. The lowest BCUT2D eigenvalue weighted by atomic mass is 10.0. The predicted octanol–water partition coefficient (Wildman–Crippen LogP) is -1.05. The molecule has 70 valence electrons. The highest BCUT2D eigenvalue weighted by atomic mass is 16.3. The molecule has 1 unspecified atom stereocenters. The molecule has 4 heteroatoms. The number of rotatable bonds is 4. The van der Waals surface area contributed by atoms with E-state index in [-0.39, 0.29) is 24.3 Å². The van der Waals surface area contributed by atoms with Crippen LogP contribution in [0.1, 0.15) is 6.92 Å². The largest absolute Gasteiger partial charge is 0.396 e. The van der Waals surface area contributed by atoms with Gasteiger partial charge in [0, 0.05) is 26.2 Å². The standard InChI is InChI=1S/C8H16N2O2/c1-6(5-11)2-10-8(12)7-3-9-4-7/h6-7,9,11H,2-5H2,1H3,(H,10,12). The van der Waals surface area contributed by atoms with Gasteiger partial charge in [-0.2, -0.15) is 0 Å². The fourth-order valence-corrected chi connectivity index (χ4v) is 0.958. The maximum atomic E-state index is 11.2. The Bertz CT molecular complexity index is 157. The van der Waals surface area contributed by atoms with Gasteiger partial charge < -0.3 is 15.7 Å². The summed E-state index contributed by atoms with van der Waals surface area (Å²) in [5, 5.41) is 14.5. The highest BCUT2D eigenvalue weighted by Crippen LogP contribution is 2.02. The molecule has 0 radical (unpaired) electrons. The number of aliphatic hydroxyl groups excluding tert-OH is 1. The van der Waals surface area contributed by atoms with Crippen LogP contribution >= 0.6 is 0 Å². The molecule has 1 heterocycles. The van der Waals surface area contributed by atoms with Gasteiger partial charge in [-0.25, -0.2) is 0 Å². The number of aliphatic hydroxyl groups is 1. The summed E-state index contributed by atoms with van der Waals surface area (Å²) < 4.78 is 0. The molecule has 1 atom stereocenters. The van der Waals surface area contributed by atoms with Crippen LogP contribution in [0.4, 0.5) is 0 Å². The molecule has 4 nitrogen and oxygen atoms in total. The molecular formula is C8H16N2O2. The van der Waals surface area contributed by atoms with Gasteiger partial charge in [0.15, 0.2) is 0 Å². The molecule has 12 heavy (non-hydrogen) atoms. The molecular weight excluding hydrogens is 156 g/mol. The smallest absolute Gasteiger partial charge is 0.225 e. The highest BCUT2D eigenvalue weighted by molar-refractivity contribution is 5.79. The lowest BCUT2D eigenvalue weighted by Crippen LogP contribution is -2.51. The summed E-state index contributed by atoms with van der Waals surface area (Å²) in [4.78, 5) is 11.2. The zero-order valence-electron chi connectivity index (χ0n) is 7.34. The topological polar surface area (TPSA) is 61.4 Å². The van der Waals surface area contributed by atoms with Crippen molar-refractivity contribution < 1.29 is 9.90 Å². The summed E-state index contributed by atoms with van der Waals surface area (Å²) in [6, 6.07) is 0. The fraction of sp³-hybridized carbons (Fsp3) is 0.875. The zero-order valence-corrected chi connectivity index (χ0v) is 7.34. The third kappa shape index (κ3) is 2.46.